The van der Waals surface area contributed by atoms with Gasteiger partial charge in [-0.1, -0.05) is 45.9 Å². The normalized spacial score (nSPS) is 17.0. The van der Waals surface area contributed by atoms with Crippen molar-refractivity contribution >= 4 is 5.57 Å². The van der Waals surface area contributed by atoms with E-state index in [0.717, 1.165) is 40.1 Å². The van der Waals surface area contributed by atoms with Gasteiger partial charge in [0.2, 0.25) is 0 Å². The number of rotatable bonds is 3. The standard InChI is InChI=1S/C23H28FNO/c1-13(2)21-19(15(4)26)20(16-7-9-17(24)10-8-16)18-12-23(5,6)11-14(3)22(18)25-21/h7-11,13,15,26H,12H2,1-6H3. The molecule has 2 aromatic rings. The van der Waals surface area contributed by atoms with Crippen LogP contribution in [0.4, 0.5) is 4.39 Å². The molecular weight excluding hydrogens is 325 g/mol. The molecule has 0 saturated carbocycles. The molecule has 0 saturated heterocycles. The van der Waals surface area contributed by atoms with Gasteiger partial charge in [-0.05, 0) is 66.0 Å². The van der Waals surface area contributed by atoms with E-state index < -0.39 is 6.10 Å². The monoisotopic (exact) mass is 353 g/mol. The van der Waals surface area contributed by atoms with Crippen molar-refractivity contribution in [1.82, 2.24) is 4.98 Å². The second kappa shape index (κ2) is 6.62. The molecule has 26 heavy (non-hydrogen) atoms. The minimum absolute atomic E-state index is 0.0167. The van der Waals surface area contributed by atoms with Crippen molar-refractivity contribution in [2.75, 3.05) is 0 Å². The van der Waals surface area contributed by atoms with E-state index in [4.69, 9.17) is 4.98 Å². The van der Waals surface area contributed by atoms with E-state index in [1.54, 1.807) is 6.92 Å². The molecule has 1 aromatic heterocycles. The molecule has 0 bridgehead atoms. The first-order valence-corrected chi connectivity index (χ1v) is 9.31. The van der Waals surface area contributed by atoms with Gasteiger partial charge in [-0.15, -0.1) is 0 Å². The van der Waals surface area contributed by atoms with Crippen LogP contribution in [-0.2, 0) is 6.42 Å². The molecule has 1 unspecified atom stereocenters. The molecule has 0 spiro atoms. The van der Waals surface area contributed by atoms with Gasteiger partial charge in [0.1, 0.15) is 5.82 Å². The van der Waals surface area contributed by atoms with Gasteiger partial charge in [-0.2, -0.15) is 0 Å². The van der Waals surface area contributed by atoms with E-state index in [1.807, 2.05) is 12.1 Å². The topological polar surface area (TPSA) is 33.1 Å². The predicted octanol–water partition coefficient (Wildman–Crippen LogP) is 6.05. The van der Waals surface area contributed by atoms with Crippen molar-refractivity contribution < 1.29 is 9.50 Å². The first kappa shape index (κ1) is 18.8. The molecule has 0 amide bonds. The van der Waals surface area contributed by atoms with Gasteiger partial charge in [0.25, 0.3) is 0 Å². The Morgan fingerprint density at radius 3 is 2.27 bits per heavy atom. The number of aromatic nitrogens is 1. The summed E-state index contributed by atoms with van der Waals surface area (Å²) in [5.41, 5.74) is 7.10. The van der Waals surface area contributed by atoms with E-state index in [9.17, 15) is 9.50 Å². The molecule has 1 aromatic carbocycles. The Bertz CT molecular complexity index is 861. The van der Waals surface area contributed by atoms with Crippen molar-refractivity contribution in [3.05, 3.63) is 58.7 Å². The van der Waals surface area contributed by atoms with E-state index in [1.165, 1.54) is 17.7 Å². The first-order valence-electron chi connectivity index (χ1n) is 9.31. The molecule has 1 aliphatic rings. The summed E-state index contributed by atoms with van der Waals surface area (Å²) in [6.07, 6.45) is 2.49. The summed E-state index contributed by atoms with van der Waals surface area (Å²) >= 11 is 0. The number of allylic oxidation sites excluding steroid dienone is 2. The first-order chi connectivity index (χ1) is 12.1. The van der Waals surface area contributed by atoms with Gasteiger partial charge in [-0.25, -0.2) is 4.39 Å². The fourth-order valence-electron chi connectivity index (χ4n) is 4.13. The average molecular weight is 353 g/mol. The third kappa shape index (κ3) is 3.33. The minimum Gasteiger partial charge on any atom is -0.389 e. The fraction of sp³-hybridized carbons (Fsp3) is 0.435. The Hall–Kier alpha value is -2.00. The third-order valence-electron chi connectivity index (χ3n) is 5.08. The van der Waals surface area contributed by atoms with Crippen molar-refractivity contribution in [3.63, 3.8) is 0 Å². The smallest absolute Gasteiger partial charge is 0.123 e. The van der Waals surface area contributed by atoms with Crippen molar-refractivity contribution in [3.8, 4) is 11.1 Å². The van der Waals surface area contributed by atoms with Crippen LogP contribution >= 0.6 is 0 Å². The van der Waals surface area contributed by atoms with Crippen LogP contribution < -0.4 is 0 Å². The molecule has 3 rings (SSSR count). The summed E-state index contributed by atoms with van der Waals surface area (Å²) in [4.78, 5) is 4.98. The van der Waals surface area contributed by atoms with Gasteiger partial charge in [0, 0.05) is 5.56 Å². The van der Waals surface area contributed by atoms with Crippen LogP contribution in [0, 0.1) is 11.2 Å². The lowest BCUT2D eigenvalue weighted by Gasteiger charge is -2.33. The summed E-state index contributed by atoms with van der Waals surface area (Å²) in [6, 6.07) is 6.59. The lowest BCUT2D eigenvalue weighted by Crippen LogP contribution is -2.22. The van der Waals surface area contributed by atoms with E-state index in [-0.39, 0.29) is 17.2 Å². The molecule has 2 nitrogen and oxygen atoms in total. The number of aliphatic hydroxyl groups excluding tert-OH is 1. The highest BCUT2D eigenvalue weighted by Crippen LogP contribution is 2.44. The number of aliphatic hydroxyl groups is 1. The van der Waals surface area contributed by atoms with E-state index >= 15 is 0 Å². The van der Waals surface area contributed by atoms with Crippen LogP contribution in [0.25, 0.3) is 16.7 Å². The van der Waals surface area contributed by atoms with Gasteiger partial charge in [0.15, 0.2) is 0 Å². The molecule has 1 atom stereocenters. The molecule has 1 heterocycles. The number of nitrogens with zero attached hydrogens (tertiary/aromatic N) is 1. The summed E-state index contributed by atoms with van der Waals surface area (Å²) in [6.45, 7) is 12.5. The number of benzene rings is 1. The van der Waals surface area contributed by atoms with Crippen LogP contribution in [-0.4, -0.2) is 10.1 Å². The molecule has 1 aliphatic carbocycles. The molecular formula is C23H28FNO. The Morgan fingerprint density at radius 2 is 1.73 bits per heavy atom. The predicted molar refractivity (Wildman–Crippen MR) is 105 cm³/mol. The molecule has 0 aliphatic heterocycles. The van der Waals surface area contributed by atoms with Crippen molar-refractivity contribution in [1.29, 1.82) is 0 Å². The second-order valence-corrected chi connectivity index (χ2v) is 8.44. The maximum Gasteiger partial charge on any atom is 0.123 e. The number of halogens is 1. The van der Waals surface area contributed by atoms with Gasteiger partial charge >= 0.3 is 0 Å². The van der Waals surface area contributed by atoms with Gasteiger partial charge in [0.05, 0.1) is 17.5 Å². The number of hydrogen-bond acceptors (Lipinski definition) is 2. The molecule has 1 N–H and O–H groups in total. The molecule has 0 radical (unpaired) electrons. The lowest BCUT2D eigenvalue weighted by atomic mass is 9.74. The second-order valence-electron chi connectivity index (χ2n) is 8.44. The average Bonchev–Trinajstić information content (AvgIpc) is 2.53. The quantitative estimate of drug-likeness (QED) is 0.728. The zero-order valence-electron chi connectivity index (χ0n) is 16.5. The summed E-state index contributed by atoms with van der Waals surface area (Å²) < 4.78 is 13.5. The fourth-order valence-corrected chi connectivity index (χ4v) is 4.13. The summed E-state index contributed by atoms with van der Waals surface area (Å²) in [5, 5.41) is 10.6. The summed E-state index contributed by atoms with van der Waals surface area (Å²) in [5.74, 6) is -0.0670. The van der Waals surface area contributed by atoms with Crippen LogP contribution in [0.1, 0.15) is 76.1 Å². The van der Waals surface area contributed by atoms with Crippen LogP contribution in [0.3, 0.4) is 0 Å². The SMILES string of the molecule is CC1=CC(C)(C)Cc2c1nc(C(C)C)c(C(C)O)c2-c1ccc(F)cc1. The minimum atomic E-state index is -0.639. The van der Waals surface area contributed by atoms with Crippen LogP contribution in [0.2, 0.25) is 0 Å². The third-order valence-corrected chi connectivity index (χ3v) is 5.08. The van der Waals surface area contributed by atoms with Crippen molar-refractivity contribution in [2.24, 2.45) is 5.41 Å². The molecule has 3 heteroatoms. The Morgan fingerprint density at radius 1 is 1.12 bits per heavy atom. The number of pyridine rings is 1. The Labute approximate surface area is 155 Å². The zero-order chi connectivity index (χ0) is 19.2. The molecule has 138 valence electrons. The lowest BCUT2D eigenvalue weighted by molar-refractivity contribution is 0.197. The zero-order valence-corrected chi connectivity index (χ0v) is 16.5. The van der Waals surface area contributed by atoms with Gasteiger partial charge < -0.3 is 5.11 Å². The number of hydrogen-bond donors (Lipinski definition) is 1. The Balaban J connectivity index is 2.42. The maximum atomic E-state index is 13.5. The van der Waals surface area contributed by atoms with Crippen molar-refractivity contribution in [2.45, 2.75) is 60.0 Å². The van der Waals surface area contributed by atoms with E-state index in [0.29, 0.717) is 0 Å². The van der Waals surface area contributed by atoms with Crippen LogP contribution in [0.15, 0.2) is 30.3 Å². The van der Waals surface area contributed by atoms with E-state index in [2.05, 4.69) is 40.7 Å². The highest BCUT2D eigenvalue weighted by molar-refractivity contribution is 5.80. The number of fused-ring (bicyclic) bond motifs is 1. The van der Waals surface area contributed by atoms with Crippen LogP contribution in [0.5, 0.6) is 0 Å². The summed E-state index contributed by atoms with van der Waals surface area (Å²) in [7, 11) is 0. The van der Waals surface area contributed by atoms with Gasteiger partial charge in [-0.3, -0.25) is 4.98 Å². The highest BCUT2D eigenvalue weighted by Gasteiger charge is 2.31. The largest absolute Gasteiger partial charge is 0.389 e. The molecule has 0 fully saturated rings. The Kier molecular flexibility index (Phi) is 4.78. The highest BCUT2D eigenvalue weighted by atomic mass is 19.1. The maximum absolute atomic E-state index is 13.5.